The van der Waals surface area contributed by atoms with E-state index in [9.17, 15) is 18.0 Å². The number of piperidine rings is 1. The van der Waals surface area contributed by atoms with Crippen LogP contribution in [0, 0.1) is 17.5 Å². The third-order valence-electron chi connectivity index (χ3n) is 5.96. The average Bonchev–Trinajstić information content (AvgIpc) is 2.92. The van der Waals surface area contributed by atoms with Gasteiger partial charge < -0.3 is 9.80 Å². The summed E-state index contributed by atoms with van der Waals surface area (Å²) < 4.78 is 40.8. The molecule has 2 aliphatic heterocycles. The van der Waals surface area contributed by atoms with Gasteiger partial charge in [0.15, 0.2) is 0 Å². The number of hydrogen-bond acceptors (Lipinski definition) is 2. The van der Waals surface area contributed by atoms with Crippen molar-refractivity contribution >= 4 is 11.6 Å². The van der Waals surface area contributed by atoms with E-state index in [0.29, 0.717) is 6.54 Å². The number of likely N-dealkylation sites (tertiary alicyclic amines) is 1. The Morgan fingerprint density at radius 1 is 1.00 bits per heavy atom. The fourth-order valence-electron chi connectivity index (χ4n) is 4.86. The molecule has 28 heavy (non-hydrogen) atoms. The van der Waals surface area contributed by atoms with Gasteiger partial charge in [-0.05, 0) is 69.5 Å². The lowest BCUT2D eigenvalue weighted by Gasteiger charge is -2.42. The number of amides is 1. The number of carbonyl (C=O) groups is 1. The molecule has 2 aromatic carbocycles. The molecule has 2 saturated heterocycles. The van der Waals surface area contributed by atoms with Crippen LogP contribution in [0.25, 0.3) is 0 Å². The minimum atomic E-state index is -0.834. The number of anilines is 1. The lowest BCUT2D eigenvalue weighted by Crippen LogP contribution is -2.53. The fraction of sp³-hybridized carbons (Fsp3) is 0.409. The summed E-state index contributed by atoms with van der Waals surface area (Å²) in [5.74, 6) is -2.22. The first-order chi connectivity index (χ1) is 13.3. The minimum absolute atomic E-state index is 0.0710. The third-order valence-corrected chi connectivity index (χ3v) is 5.96. The van der Waals surface area contributed by atoms with Gasteiger partial charge in [-0.15, -0.1) is 0 Å². The van der Waals surface area contributed by atoms with Crippen molar-refractivity contribution < 1.29 is 18.0 Å². The molecule has 3 nitrogen and oxygen atoms in total. The number of fused-ring (bicyclic) bond motifs is 1. The zero-order valence-corrected chi connectivity index (χ0v) is 16.0. The van der Waals surface area contributed by atoms with Gasteiger partial charge in [-0.3, -0.25) is 4.79 Å². The van der Waals surface area contributed by atoms with Crippen LogP contribution in [0.15, 0.2) is 42.5 Å². The number of hydrogen-bond donors (Lipinski definition) is 0. The van der Waals surface area contributed by atoms with E-state index >= 15 is 0 Å². The van der Waals surface area contributed by atoms with Crippen molar-refractivity contribution in [2.24, 2.45) is 0 Å². The van der Waals surface area contributed by atoms with Gasteiger partial charge in [-0.25, -0.2) is 13.2 Å². The first kappa shape index (κ1) is 18.8. The van der Waals surface area contributed by atoms with Crippen molar-refractivity contribution in [3.8, 4) is 0 Å². The fourth-order valence-corrected chi connectivity index (χ4v) is 4.86. The number of nitrogens with zero attached hydrogens (tertiary/aromatic N) is 2. The molecule has 1 amide bonds. The normalized spacial score (nSPS) is 23.6. The number of rotatable bonds is 2. The lowest BCUT2D eigenvalue weighted by atomic mass is 9.93. The van der Waals surface area contributed by atoms with Crippen molar-refractivity contribution in [1.82, 2.24) is 4.90 Å². The molecule has 148 valence electrons. The Morgan fingerprint density at radius 2 is 1.68 bits per heavy atom. The maximum atomic E-state index is 14.2. The van der Waals surface area contributed by atoms with Crippen molar-refractivity contribution in [2.75, 3.05) is 11.4 Å². The Labute approximate surface area is 162 Å². The Hall–Kier alpha value is -2.50. The lowest BCUT2D eigenvalue weighted by molar-refractivity contribution is 0.0600. The zero-order chi connectivity index (χ0) is 20.1. The molecule has 2 heterocycles. The molecule has 0 N–H and O–H groups in total. The summed E-state index contributed by atoms with van der Waals surface area (Å²) in [6.45, 7) is 4.76. The Kier molecular flexibility index (Phi) is 4.60. The quantitative estimate of drug-likeness (QED) is 0.740. The molecule has 0 spiro atoms. The summed E-state index contributed by atoms with van der Waals surface area (Å²) in [4.78, 5) is 17.1. The van der Waals surface area contributed by atoms with Crippen LogP contribution in [0.2, 0.25) is 0 Å². The summed E-state index contributed by atoms with van der Waals surface area (Å²) in [6, 6.07) is 9.48. The van der Waals surface area contributed by atoms with Crippen LogP contribution in [0.4, 0.5) is 18.9 Å². The minimum Gasteiger partial charge on any atom is -0.361 e. The maximum Gasteiger partial charge on any atom is 0.257 e. The van der Waals surface area contributed by atoms with Crippen LogP contribution in [0.5, 0.6) is 0 Å². The van der Waals surface area contributed by atoms with E-state index in [4.69, 9.17) is 0 Å². The van der Waals surface area contributed by atoms with Gasteiger partial charge >= 0.3 is 0 Å². The van der Waals surface area contributed by atoms with E-state index in [0.717, 1.165) is 37.1 Å². The predicted octanol–water partition coefficient (Wildman–Crippen LogP) is 4.77. The summed E-state index contributed by atoms with van der Waals surface area (Å²) in [5.41, 5.74) is 0.582. The second-order valence-corrected chi connectivity index (χ2v) is 8.26. The smallest absolute Gasteiger partial charge is 0.257 e. The van der Waals surface area contributed by atoms with Gasteiger partial charge in [0, 0.05) is 23.8 Å². The zero-order valence-electron chi connectivity index (χ0n) is 16.0. The molecule has 0 aromatic heterocycles. The summed E-state index contributed by atoms with van der Waals surface area (Å²) in [5, 5.41) is 0. The van der Waals surface area contributed by atoms with E-state index < -0.39 is 17.5 Å². The topological polar surface area (TPSA) is 23.6 Å². The molecule has 2 aromatic rings. The van der Waals surface area contributed by atoms with Crippen molar-refractivity contribution in [2.45, 2.75) is 50.7 Å². The highest BCUT2D eigenvalue weighted by atomic mass is 19.1. The number of carbonyl (C=O) groups excluding carboxylic acids is 1. The Morgan fingerprint density at radius 3 is 2.36 bits per heavy atom. The maximum absolute atomic E-state index is 14.2. The molecule has 0 aliphatic carbocycles. The van der Waals surface area contributed by atoms with Crippen molar-refractivity contribution in [3.63, 3.8) is 0 Å². The van der Waals surface area contributed by atoms with Crippen LogP contribution in [-0.2, 0) is 0 Å². The first-order valence-corrected chi connectivity index (χ1v) is 9.59. The molecule has 2 aliphatic rings. The number of halogens is 3. The third kappa shape index (κ3) is 3.15. The summed E-state index contributed by atoms with van der Waals surface area (Å²) in [7, 11) is 0. The van der Waals surface area contributed by atoms with Crippen LogP contribution >= 0.6 is 0 Å². The van der Waals surface area contributed by atoms with Gasteiger partial charge in [-0.2, -0.15) is 0 Å². The monoisotopic (exact) mass is 388 g/mol. The molecule has 4 rings (SSSR count). The van der Waals surface area contributed by atoms with Gasteiger partial charge in [0.1, 0.15) is 17.5 Å². The van der Waals surface area contributed by atoms with Crippen LogP contribution in [-0.4, -0.2) is 35.0 Å². The first-order valence-electron chi connectivity index (χ1n) is 9.59. The van der Waals surface area contributed by atoms with E-state index in [2.05, 4.69) is 18.7 Å². The second kappa shape index (κ2) is 6.83. The Balaban J connectivity index is 1.66. The molecule has 0 radical (unpaired) electrons. The highest BCUT2D eigenvalue weighted by molar-refractivity contribution is 5.95. The molecule has 0 unspecified atom stereocenters. The van der Waals surface area contributed by atoms with Crippen LogP contribution in [0.1, 0.15) is 43.5 Å². The molecular weight excluding hydrogens is 365 g/mol. The molecule has 2 fully saturated rings. The standard InChI is InChI=1S/C22H23F3N2O/c1-22(2)13-20-19(27(22)16-8-5-14(23)6-9-16)4-3-11-26(20)21(28)17-10-7-15(24)12-18(17)25/h5-10,12,19-20H,3-4,11,13H2,1-2H3/t19-,20-/m0/s1. The van der Waals surface area contributed by atoms with E-state index in [1.54, 1.807) is 17.0 Å². The van der Waals surface area contributed by atoms with E-state index in [1.807, 2.05) is 0 Å². The second-order valence-electron chi connectivity index (χ2n) is 8.26. The predicted molar refractivity (Wildman–Crippen MR) is 102 cm³/mol. The highest BCUT2D eigenvalue weighted by Gasteiger charge is 2.50. The van der Waals surface area contributed by atoms with Gasteiger partial charge in [0.25, 0.3) is 5.91 Å². The van der Waals surface area contributed by atoms with Gasteiger partial charge in [0.2, 0.25) is 0 Å². The van der Waals surface area contributed by atoms with Crippen molar-refractivity contribution in [3.05, 3.63) is 65.5 Å². The summed E-state index contributed by atoms with van der Waals surface area (Å²) >= 11 is 0. The number of benzene rings is 2. The van der Waals surface area contributed by atoms with Crippen LogP contribution in [0.3, 0.4) is 0 Å². The SMILES string of the molecule is CC1(C)C[C@H]2[C@H](CCCN2C(=O)c2ccc(F)cc2F)N1c1ccc(F)cc1. The van der Waals surface area contributed by atoms with E-state index in [1.165, 1.54) is 18.2 Å². The Bertz CT molecular complexity index is 897. The molecular formula is C22H23F3N2O. The molecule has 0 bridgehead atoms. The molecule has 6 heteroatoms. The summed E-state index contributed by atoms with van der Waals surface area (Å²) in [6.07, 6.45) is 2.42. The largest absolute Gasteiger partial charge is 0.361 e. The van der Waals surface area contributed by atoms with Gasteiger partial charge in [0.05, 0.1) is 17.6 Å². The molecule has 2 atom stereocenters. The van der Waals surface area contributed by atoms with Gasteiger partial charge in [-0.1, -0.05) is 0 Å². The van der Waals surface area contributed by atoms with Crippen LogP contribution < -0.4 is 4.90 Å². The van der Waals surface area contributed by atoms with Crippen molar-refractivity contribution in [1.29, 1.82) is 0 Å². The van der Waals surface area contributed by atoms with E-state index in [-0.39, 0.29) is 29.0 Å². The highest BCUT2D eigenvalue weighted by Crippen LogP contribution is 2.44. The molecule has 0 saturated carbocycles. The average molecular weight is 388 g/mol.